The van der Waals surface area contributed by atoms with Gasteiger partial charge in [-0.3, -0.25) is 4.79 Å². The summed E-state index contributed by atoms with van der Waals surface area (Å²) < 4.78 is 1.89. The number of aryl methyl sites for hydroxylation is 1. The van der Waals surface area contributed by atoms with Crippen molar-refractivity contribution in [3.63, 3.8) is 0 Å². The van der Waals surface area contributed by atoms with Gasteiger partial charge in [-0.05, 0) is 20.8 Å². The van der Waals surface area contributed by atoms with E-state index in [2.05, 4.69) is 15.6 Å². The van der Waals surface area contributed by atoms with Crippen LogP contribution in [-0.2, 0) is 18.4 Å². The third-order valence-corrected chi connectivity index (χ3v) is 2.14. The van der Waals surface area contributed by atoms with Gasteiger partial charge in [0.2, 0.25) is 5.91 Å². The summed E-state index contributed by atoms with van der Waals surface area (Å²) in [6.07, 6.45) is 3.57. The molecule has 1 heterocycles. The fraction of sp³-hybridized carbons (Fsp3) is 0.636. The average molecular weight is 224 g/mol. The Labute approximate surface area is 96.3 Å². The maximum atomic E-state index is 11.5. The summed E-state index contributed by atoms with van der Waals surface area (Å²) in [6, 6.07) is 0. The molecular formula is C11H20N4O. The molecule has 0 aliphatic carbocycles. The van der Waals surface area contributed by atoms with Crippen LogP contribution in [0.2, 0.25) is 0 Å². The normalized spacial score (nSPS) is 11.5. The molecule has 0 aliphatic heterocycles. The van der Waals surface area contributed by atoms with Crippen LogP contribution in [0.3, 0.4) is 0 Å². The number of carbonyl (C=O) groups excluding carboxylic acids is 1. The molecule has 5 nitrogen and oxygen atoms in total. The minimum atomic E-state index is -0.0411. The van der Waals surface area contributed by atoms with Crippen molar-refractivity contribution >= 4 is 5.91 Å². The lowest BCUT2D eigenvalue weighted by Gasteiger charge is -2.19. The molecule has 16 heavy (non-hydrogen) atoms. The number of amides is 1. The highest BCUT2D eigenvalue weighted by molar-refractivity contribution is 5.77. The third kappa shape index (κ3) is 4.44. The number of aromatic nitrogens is 2. The molecule has 0 radical (unpaired) electrons. The molecular weight excluding hydrogens is 204 g/mol. The Kier molecular flexibility index (Phi) is 4.06. The topological polar surface area (TPSA) is 59.0 Å². The van der Waals surface area contributed by atoms with Crippen LogP contribution in [0, 0.1) is 0 Å². The first-order valence-electron chi connectivity index (χ1n) is 5.36. The highest BCUT2D eigenvalue weighted by atomic mass is 16.1. The van der Waals surface area contributed by atoms with Gasteiger partial charge in [-0.15, -0.1) is 0 Å². The maximum absolute atomic E-state index is 11.5. The Hall–Kier alpha value is -1.36. The zero-order valence-electron chi connectivity index (χ0n) is 10.4. The Bertz CT molecular complexity index is 351. The fourth-order valence-corrected chi connectivity index (χ4v) is 1.15. The van der Waals surface area contributed by atoms with Crippen LogP contribution in [0.15, 0.2) is 12.4 Å². The first-order chi connectivity index (χ1) is 7.38. The Morgan fingerprint density at radius 3 is 2.69 bits per heavy atom. The van der Waals surface area contributed by atoms with Crippen molar-refractivity contribution in [2.45, 2.75) is 32.9 Å². The predicted molar refractivity (Wildman–Crippen MR) is 62.8 cm³/mol. The van der Waals surface area contributed by atoms with Gasteiger partial charge in [0.15, 0.2) is 0 Å². The lowest BCUT2D eigenvalue weighted by Crippen LogP contribution is -2.43. The molecule has 1 rings (SSSR count). The quantitative estimate of drug-likeness (QED) is 0.779. The highest BCUT2D eigenvalue weighted by Gasteiger charge is 2.11. The van der Waals surface area contributed by atoms with Gasteiger partial charge in [0.1, 0.15) is 5.82 Å². The first kappa shape index (κ1) is 12.7. The summed E-state index contributed by atoms with van der Waals surface area (Å²) in [5.41, 5.74) is -0.0411. The highest BCUT2D eigenvalue weighted by Crippen LogP contribution is 1.97. The molecule has 1 amide bonds. The van der Waals surface area contributed by atoms with Crippen LogP contribution in [0.1, 0.15) is 26.6 Å². The second-order valence-corrected chi connectivity index (χ2v) is 4.83. The molecule has 0 atom stereocenters. The lowest BCUT2D eigenvalue weighted by atomic mass is 10.1. The Balaban J connectivity index is 2.29. The molecule has 1 aromatic heterocycles. The van der Waals surface area contributed by atoms with E-state index < -0.39 is 0 Å². The van der Waals surface area contributed by atoms with E-state index in [1.807, 2.05) is 38.6 Å². The SMILES string of the molecule is Cn1ccnc1CNC(=O)CNC(C)(C)C. The van der Waals surface area contributed by atoms with E-state index >= 15 is 0 Å². The van der Waals surface area contributed by atoms with Gasteiger partial charge >= 0.3 is 0 Å². The summed E-state index contributed by atoms with van der Waals surface area (Å²) in [5.74, 6) is 0.835. The van der Waals surface area contributed by atoms with Gasteiger partial charge in [0.25, 0.3) is 0 Å². The number of imidazole rings is 1. The molecule has 2 N–H and O–H groups in total. The van der Waals surface area contributed by atoms with E-state index in [9.17, 15) is 4.79 Å². The molecule has 0 unspecified atom stereocenters. The zero-order chi connectivity index (χ0) is 12.2. The molecule has 0 saturated carbocycles. The Morgan fingerprint density at radius 2 is 2.19 bits per heavy atom. The molecule has 0 aliphatic rings. The van der Waals surface area contributed by atoms with Crippen LogP contribution in [-0.4, -0.2) is 27.5 Å². The summed E-state index contributed by atoms with van der Waals surface area (Å²) in [5, 5.41) is 5.94. The van der Waals surface area contributed by atoms with Crippen molar-refractivity contribution in [2.24, 2.45) is 7.05 Å². The minimum Gasteiger partial charge on any atom is -0.348 e. The van der Waals surface area contributed by atoms with E-state index in [-0.39, 0.29) is 11.4 Å². The average Bonchev–Trinajstić information content (AvgIpc) is 2.57. The van der Waals surface area contributed by atoms with E-state index in [1.54, 1.807) is 6.20 Å². The molecule has 5 heteroatoms. The van der Waals surface area contributed by atoms with Gasteiger partial charge in [0, 0.05) is 25.0 Å². The van der Waals surface area contributed by atoms with Crippen molar-refractivity contribution in [1.82, 2.24) is 20.2 Å². The van der Waals surface area contributed by atoms with Crippen LogP contribution >= 0.6 is 0 Å². The summed E-state index contributed by atoms with van der Waals surface area (Å²) in [6.45, 7) is 6.87. The number of nitrogens with one attached hydrogen (secondary N) is 2. The van der Waals surface area contributed by atoms with Crippen LogP contribution in [0.25, 0.3) is 0 Å². The van der Waals surface area contributed by atoms with Crippen molar-refractivity contribution in [3.8, 4) is 0 Å². The van der Waals surface area contributed by atoms with Crippen molar-refractivity contribution in [2.75, 3.05) is 6.54 Å². The minimum absolute atomic E-state index is 0.0158. The zero-order valence-corrected chi connectivity index (χ0v) is 10.4. The number of rotatable bonds is 4. The van der Waals surface area contributed by atoms with Gasteiger partial charge in [-0.25, -0.2) is 4.98 Å². The second-order valence-electron chi connectivity index (χ2n) is 4.83. The van der Waals surface area contributed by atoms with Crippen molar-refractivity contribution in [3.05, 3.63) is 18.2 Å². The molecule has 1 aromatic rings. The standard InChI is InChI=1S/C11H20N4O/c1-11(2,3)14-8-10(16)13-7-9-12-5-6-15(9)4/h5-6,14H,7-8H2,1-4H3,(H,13,16). The fourth-order valence-electron chi connectivity index (χ4n) is 1.15. The van der Waals surface area contributed by atoms with Crippen molar-refractivity contribution in [1.29, 1.82) is 0 Å². The van der Waals surface area contributed by atoms with Crippen LogP contribution in [0.5, 0.6) is 0 Å². The Morgan fingerprint density at radius 1 is 1.50 bits per heavy atom. The largest absolute Gasteiger partial charge is 0.348 e. The van der Waals surface area contributed by atoms with Gasteiger partial charge in [-0.1, -0.05) is 0 Å². The monoisotopic (exact) mass is 224 g/mol. The first-order valence-corrected chi connectivity index (χ1v) is 5.36. The van der Waals surface area contributed by atoms with Crippen LogP contribution < -0.4 is 10.6 Å². The number of hydrogen-bond donors (Lipinski definition) is 2. The third-order valence-electron chi connectivity index (χ3n) is 2.14. The lowest BCUT2D eigenvalue weighted by molar-refractivity contribution is -0.120. The van der Waals surface area contributed by atoms with E-state index in [1.165, 1.54) is 0 Å². The summed E-state index contributed by atoms with van der Waals surface area (Å²) >= 11 is 0. The summed E-state index contributed by atoms with van der Waals surface area (Å²) in [4.78, 5) is 15.6. The molecule has 90 valence electrons. The van der Waals surface area contributed by atoms with Gasteiger partial charge < -0.3 is 15.2 Å². The van der Waals surface area contributed by atoms with E-state index in [0.717, 1.165) is 5.82 Å². The molecule has 0 aromatic carbocycles. The van der Waals surface area contributed by atoms with Gasteiger partial charge in [-0.2, -0.15) is 0 Å². The maximum Gasteiger partial charge on any atom is 0.234 e. The summed E-state index contributed by atoms with van der Waals surface area (Å²) in [7, 11) is 1.90. The number of nitrogens with zero attached hydrogens (tertiary/aromatic N) is 2. The van der Waals surface area contributed by atoms with E-state index in [4.69, 9.17) is 0 Å². The van der Waals surface area contributed by atoms with Gasteiger partial charge in [0.05, 0.1) is 13.1 Å². The molecule has 0 fully saturated rings. The number of carbonyl (C=O) groups is 1. The molecule has 0 spiro atoms. The van der Waals surface area contributed by atoms with Crippen molar-refractivity contribution < 1.29 is 4.79 Å². The smallest absolute Gasteiger partial charge is 0.234 e. The van der Waals surface area contributed by atoms with E-state index in [0.29, 0.717) is 13.1 Å². The predicted octanol–water partition coefficient (Wildman–Crippen LogP) is 0.424. The second kappa shape index (κ2) is 5.12. The molecule has 0 bridgehead atoms. The number of hydrogen-bond acceptors (Lipinski definition) is 3. The van der Waals surface area contributed by atoms with Crippen LogP contribution in [0.4, 0.5) is 0 Å². The molecule has 0 saturated heterocycles.